The number of amides is 1. The summed E-state index contributed by atoms with van der Waals surface area (Å²) in [7, 11) is 0. The lowest BCUT2D eigenvalue weighted by molar-refractivity contribution is -0.137. The number of thiazole rings is 1. The molecule has 2 N–H and O–H groups in total. The van der Waals surface area contributed by atoms with Gasteiger partial charge >= 0.3 is 6.18 Å². The molecule has 0 saturated carbocycles. The van der Waals surface area contributed by atoms with Gasteiger partial charge in [-0.25, -0.2) is 4.98 Å². The number of aromatic nitrogens is 1. The van der Waals surface area contributed by atoms with Crippen molar-refractivity contribution in [2.75, 3.05) is 17.2 Å². The van der Waals surface area contributed by atoms with Crippen LogP contribution in [0.3, 0.4) is 0 Å². The number of carbonyl (C=O) groups is 1. The number of carbonyl (C=O) groups excluding carboxylic acids is 1. The maximum Gasteiger partial charge on any atom is 0.416 e. The number of rotatable bonds is 6. The van der Waals surface area contributed by atoms with E-state index < -0.39 is 11.7 Å². The third-order valence-electron chi connectivity index (χ3n) is 4.99. The van der Waals surface area contributed by atoms with Gasteiger partial charge in [0.25, 0.3) is 0 Å². The molecule has 0 spiro atoms. The first-order chi connectivity index (χ1) is 14.3. The molecule has 0 radical (unpaired) electrons. The van der Waals surface area contributed by atoms with Crippen molar-refractivity contribution in [1.29, 1.82) is 0 Å². The van der Waals surface area contributed by atoms with Crippen LogP contribution in [-0.2, 0) is 23.8 Å². The summed E-state index contributed by atoms with van der Waals surface area (Å²) in [6.07, 6.45) is -1.43. The van der Waals surface area contributed by atoms with Crippen LogP contribution in [0.15, 0.2) is 48.7 Å². The molecule has 0 bridgehead atoms. The Morgan fingerprint density at radius 1 is 1.20 bits per heavy atom. The average molecular weight is 431 g/mol. The molecule has 0 fully saturated rings. The first-order valence-electron chi connectivity index (χ1n) is 9.57. The highest BCUT2D eigenvalue weighted by molar-refractivity contribution is 7.18. The number of alkyl halides is 3. The molecule has 30 heavy (non-hydrogen) atoms. The van der Waals surface area contributed by atoms with Gasteiger partial charge in [0.05, 0.1) is 16.9 Å². The van der Waals surface area contributed by atoms with Gasteiger partial charge < -0.3 is 10.6 Å². The molecule has 3 aromatic rings. The first-order valence-corrected chi connectivity index (χ1v) is 10.4. The van der Waals surface area contributed by atoms with Crippen LogP contribution in [0.25, 0.3) is 10.4 Å². The summed E-state index contributed by atoms with van der Waals surface area (Å²) in [5.74, 6) is 0.238. The summed E-state index contributed by atoms with van der Waals surface area (Å²) in [4.78, 5) is 16.9. The Hall–Kier alpha value is -2.87. The fraction of sp³-hybridized carbons (Fsp3) is 0.273. The lowest BCUT2D eigenvalue weighted by atomic mass is 10.00. The van der Waals surface area contributed by atoms with Crippen LogP contribution in [0.1, 0.15) is 23.6 Å². The van der Waals surface area contributed by atoms with E-state index in [0.29, 0.717) is 19.4 Å². The number of hydrogen-bond acceptors (Lipinski definition) is 4. The summed E-state index contributed by atoms with van der Waals surface area (Å²) < 4.78 is 38.0. The number of halogens is 3. The van der Waals surface area contributed by atoms with E-state index in [1.807, 2.05) is 25.1 Å². The normalized spacial score (nSPS) is 14.3. The fourth-order valence-corrected chi connectivity index (χ4v) is 4.26. The smallest absolute Gasteiger partial charge is 0.361 e. The van der Waals surface area contributed by atoms with Gasteiger partial charge in [0.1, 0.15) is 0 Å². The first kappa shape index (κ1) is 20.4. The Kier molecular flexibility index (Phi) is 5.51. The lowest BCUT2D eigenvalue weighted by Gasteiger charge is -2.13. The van der Waals surface area contributed by atoms with E-state index >= 15 is 0 Å². The van der Waals surface area contributed by atoms with Crippen molar-refractivity contribution in [3.63, 3.8) is 0 Å². The summed E-state index contributed by atoms with van der Waals surface area (Å²) in [6.45, 7) is 2.71. The van der Waals surface area contributed by atoms with Gasteiger partial charge in [0, 0.05) is 18.4 Å². The SMILES string of the molecule is C[C@H](CNc1ncc(-c2ccc3c(c2)CC(=O)N3)s1)Cc1ccc(C(F)(F)F)cc1. The molecule has 4 nitrogen and oxygen atoms in total. The van der Waals surface area contributed by atoms with Gasteiger partial charge in [-0.05, 0) is 53.3 Å². The molecule has 1 aliphatic rings. The lowest BCUT2D eigenvalue weighted by Crippen LogP contribution is -2.13. The fourth-order valence-electron chi connectivity index (χ4n) is 3.44. The Morgan fingerprint density at radius 2 is 1.97 bits per heavy atom. The zero-order valence-corrected chi connectivity index (χ0v) is 17.0. The topological polar surface area (TPSA) is 54.0 Å². The van der Waals surface area contributed by atoms with Gasteiger partial charge in [0.2, 0.25) is 5.91 Å². The molecular formula is C22H20F3N3OS. The molecule has 1 atom stereocenters. The number of benzene rings is 2. The molecule has 1 aromatic heterocycles. The van der Waals surface area contributed by atoms with E-state index in [2.05, 4.69) is 15.6 Å². The Labute approximate surface area is 176 Å². The highest BCUT2D eigenvalue weighted by Gasteiger charge is 2.29. The van der Waals surface area contributed by atoms with Crippen molar-refractivity contribution in [3.8, 4) is 10.4 Å². The minimum absolute atomic E-state index is 0.0100. The molecule has 2 aromatic carbocycles. The van der Waals surface area contributed by atoms with Crippen LogP contribution in [-0.4, -0.2) is 17.4 Å². The van der Waals surface area contributed by atoms with Gasteiger partial charge in [-0.15, -0.1) is 0 Å². The molecule has 0 saturated heterocycles. The molecular weight excluding hydrogens is 411 g/mol. The molecule has 1 aliphatic heterocycles. The molecule has 1 amide bonds. The Bertz CT molecular complexity index is 1060. The number of nitrogens with one attached hydrogen (secondary N) is 2. The second-order valence-corrected chi connectivity index (χ2v) is 8.54. The van der Waals surface area contributed by atoms with E-state index in [1.54, 1.807) is 6.20 Å². The molecule has 0 unspecified atom stereocenters. The van der Waals surface area contributed by atoms with Crippen LogP contribution in [0.2, 0.25) is 0 Å². The van der Waals surface area contributed by atoms with Gasteiger partial charge in [-0.1, -0.05) is 36.5 Å². The third kappa shape index (κ3) is 4.64. The van der Waals surface area contributed by atoms with Crippen molar-refractivity contribution in [2.24, 2.45) is 5.92 Å². The third-order valence-corrected chi connectivity index (χ3v) is 5.99. The van der Waals surface area contributed by atoms with Crippen LogP contribution < -0.4 is 10.6 Å². The molecule has 0 aliphatic carbocycles. The molecule has 4 rings (SSSR count). The molecule has 8 heteroatoms. The van der Waals surface area contributed by atoms with Crippen LogP contribution in [0.5, 0.6) is 0 Å². The zero-order chi connectivity index (χ0) is 21.3. The summed E-state index contributed by atoms with van der Waals surface area (Å²) in [5.41, 5.74) is 3.13. The zero-order valence-electron chi connectivity index (χ0n) is 16.2. The monoisotopic (exact) mass is 431 g/mol. The Balaban J connectivity index is 1.33. The van der Waals surface area contributed by atoms with E-state index in [4.69, 9.17) is 0 Å². The highest BCUT2D eigenvalue weighted by atomic mass is 32.1. The van der Waals surface area contributed by atoms with E-state index in [-0.39, 0.29) is 11.8 Å². The van der Waals surface area contributed by atoms with Crippen molar-refractivity contribution in [2.45, 2.75) is 25.9 Å². The van der Waals surface area contributed by atoms with Gasteiger partial charge in [0.15, 0.2) is 5.13 Å². The predicted octanol–water partition coefficient (Wildman–Crippen LogP) is 5.61. The maximum atomic E-state index is 12.7. The van der Waals surface area contributed by atoms with Gasteiger partial charge in [-0.2, -0.15) is 13.2 Å². The van der Waals surface area contributed by atoms with Gasteiger partial charge in [-0.3, -0.25) is 4.79 Å². The summed E-state index contributed by atoms with van der Waals surface area (Å²) in [5, 5.41) is 6.93. The Morgan fingerprint density at radius 3 is 2.70 bits per heavy atom. The maximum absolute atomic E-state index is 12.7. The molecule has 2 heterocycles. The second-order valence-electron chi connectivity index (χ2n) is 7.51. The number of hydrogen-bond donors (Lipinski definition) is 2. The molecule has 156 valence electrons. The van der Waals surface area contributed by atoms with Crippen LogP contribution in [0.4, 0.5) is 24.0 Å². The van der Waals surface area contributed by atoms with Crippen molar-refractivity contribution < 1.29 is 18.0 Å². The van der Waals surface area contributed by atoms with Crippen molar-refractivity contribution >= 4 is 28.1 Å². The number of fused-ring (bicyclic) bond motifs is 1. The van der Waals surface area contributed by atoms with Crippen molar-refractivity contribution in [3.05, 3.63) is 65.4 Å². The number of nitrogens with zero attached hydrogens (tertiary/aromatic N) is 1. The number of anilines is 2. The highest BCUT2D eigenvalue weighted by Crippen LogP contribution is 2.33. The summed E-state index contributed by atoms with van der Waals surface area (Å²) >= 11 is 1.53. The predicted molar refractivity (Wildman–Crippen MR) is 113 cm³/mol. The van der Waals surface area contributed by atoms with E-state index in [1.165, 1.54) is 23.5 Å². The van der Waals surface area contributed by atoms with Crippen molar-refractivity contribution in [1.82, 2.24) is 4.98 Å². The standard InChI is InChI=1S/C22H20F3N3OS/c1-13(8-14-2-5-17(6-3-14)22(23,24)25)11-26-21-27-12-19(30-21)15-4-7-18-16(9-15)10-20(29)28-18/h2-7,9,12-13H,8,10-11H2,1H3,(H,26,27)(H,28,29)/t13-/m0/s1. The minimum Gasteiger partial charge on any atom is -0.361 e. The van der Waals surface area contributed by atoms with E-state index in [9.17, 15) is 18.0 Å². The average Bonchev–Trinajstić information content (AvgIpc) is 3.31. The largest absolute Gasteiger partial charge is 0.416 e. The quantitative estimate of drug-likeness (QED) is 0.533. The summed E-state index contributed by atoms with van der Waals surface area (Å²) in [6, 6.07) is 11.2. The minimum atomic E-state index is -4.31. The van der Waals surface area contributed by atoms with E-state index in [0.717, 1.165) is 44.5 Å². The second kappa shape index (κ2) is 8.10. The van der Waals surface area contributed by atoms with Crippen LogP contribution in [0, 0.1) is 5.92 Å². The van der Waals surface area contributed by atoms with Crippen LogP contribution >= 0.6 is 11.3 Å².